The number of hydrogen-bond acceptors (Lipinski definition) is 4. The van der Waals surface area contributed by atoms with Crippen LogP contribution in [-0.4, -0.2) is 38.1 Å². The normalized spacial score (nSPS) is 10.3. The number of carbonyl (C=O) groups is 1. The first-order valence-electron chi connectivity index (χ1n) is 7.84. The molecular formula is C18H24N4O. The second-order valence-electron chi connectivity index (χ2n) is 5.47. The molecule has 0 unspecified atom stereocenters. The molecule has 0 aliphatic rings. The van der Waals surface area contributed by atoms with Crippen LogP contribution in [0.4, 0.5) is 17.1 Å². The lowest BCUT2D eigenvalue weighted by molar-refractivity contribution is 0.102. The number of nitrogens with one attached hydrogen (secondary N) is 1. The molecule has 1 aromatic carbocycles. The highest BCUT2D eigenvalue weighted by atomic mass is 16.1. The van der Waals surface area contributed by atoms with E-state index in [-0.39, 0.29) is 5.91 Å². The Morgan fingerprint density at radius 1 is 1.04 bits per heavy atom. The van der Waals surface area contributed by atoms with Gasteiger partial charge >= 0.3 is 0 Å². The molecule has 2 aromatic rings. The van der Waals surface area contributed by atoms with Crippen LogP contribution in [0, 0.1) is 0 Å². The minimum absolute atomic E-state index is 0.198. The summed E-state index contributed by atoms with van der Waals surface area (Å²) in [5.41, 5.74) is 3.28. The van der Waals surface area contributed by atoms with Gasteiger partial charge in [-0.15, -0.1) is 0 Å². The van der Waals surface area contributed by atoms with Gasteiger partial charge in [0.2, 0.25) is 0 Å². The van der Waals surface area contributed by atoms with Crippen molar-refractivity contribution in [1.82, 2.24) is 4.98 Å². The van der Waals surface area contributed by atoms with E-state index in [2.05, 4.69) is 29.0 Å². The maximum absolute atomic E-state index is 12.4. The van der Waals surface area contributed by atoms with Crippen molar-refractivity contribution in [2.75, 3.05) is 42.3 Å². The van der Waals surface area contributed by atoms with Gasteiger partial charge in [0.15, 0.2) is 0 Å². The highest BCUT2D eigenvalue weighted by molar-refractivity contribution is 6.03. The number of nitrogens with zero attached hydrogens (tertiary/aromatic N) is 3. The molecule has 0 aliphatic carbocycles. The Labute approximate surface area is 137 Å². The molecule has 0 fully saturated rings. The number of anilines is 3. The summed E-state index contributed by atoms with van der Waals surface area (Å²) in [5.74, 6) is -0.198. The molecule has 0 saturated heterocycles. The van der Waals surface area contributed by atoms with Crippen molar-refractivity contribution in [1.29, 1.82) is 0 Å². The predicted molar refractivity (Wildman–Crippen MR) is 96.5 cm³/mol. The number of hydrogen-bond donors (Lipinski definition) is 1. The average Bonchev–Trinajstić information content (AvgIpc) is 2.57. The molecule has 23 heavy (non-hydrogen) atoms. The van der Waals surface area contributed by atoms with Gasteiger partial charge < -0.3 is 15.1 Å². The van der Waals surface area contributed by atoms with Gasteiger partial charge in [0.05, 0.1) is 0 Å². The Kier molecular flexibility index (Phi) is 5.57. The first-order valence-corrected chi connectivity index (χ1v) is 7.84. The lowest BCUT2D eigenvalue weighted by Crippen LogP contribution is -2.23. The number of pyridine rings is 1. The summed E-state index contributed by atoms with van der Waals surface area (Å²) in [4.78, 5) is 20.8. The molecule has 1 aromatic heterocycles. The molecule has 1 heterocycles. The van der Waals surface area contributed by atoms with Crippen LogP contribution in [-0.2, 0) is 0 Å². The molecule has 5 nitrogen and oxygen atoms in total. The first-order chi connectivity index (χ1) is 11.0. The largest absolute Gasteiger partial charge is 0.378 e. The maximum atomic E-state index is 12.4. The van der Waals surface area contributed by atoms with E-state index in [9.17, 15) is 4.79 Å². The van der Waals surface area contributed by atoms with Crippen LogP contribution < -0.4 is 15.1 Å². The van der Waals surface area contributed by atoms with E-state index in [1.807, 2.05) is 55.4 Å². The standard InChI is InChI=1S/C18H24N4O/c1-5-22(6-2)16-11-12-19-17(13-16)18(23)20-14-7-9-15(10-8-14)21(3)4/h7-13H,5-6H2,1-4H3,(H,20,23). The summed E-state index contributed by atoms with van der Waals surface area (Å²) >= 11 is 0. The Hall–Kier alpha value is -2.56. The van der Waals surface area contributed by atoms with Gasteiger partial charge in [-0.2, -0.15) is 0 Å². The molecule has 0 spiro atoms. The SMILES string of the molecule is CCN(CC)c1ccnc(C(=O)Nc2ccc(N(C)C)cc2)c1. The second-order valence-corrected chi connectivity index (χ2v) is 5.47. The molecule has 5 heteroatoms. The highest BCUT2D eigenvalue weighted by Crippen LogP contribution is 2.18. The molecule has 1 N–H and O–H groups in total. The van der Waals surface area contributed by atoms with E-state index < -0.39 is 0 Å². The van der Waals surface area contributed by atoms with Crippen LogP contribution in [0.5, 0.6) is 0 Å². The Balaban J connectivity index is 2.12. The highest BCUT2D eigenvalue weighted by Gasteiger charge is 2.10. The zero-order valence-electron chi connectivity index (χ0n) is 14.2. The van der Waals surface area contributed by atoms with E-state index >= 15 is 0 Å². The number of rotatable bonds is 6. The molecule has 0 atom stereocenters. The average molecular weight is 312 g/mol. The van der Waals surface area contributed by atoms with Crippen molar-refractivity contribution in [2.24, 2.45) is 0 Å². The van der Waals surface area contributed by atoms with E-state index in [0.717, 1.165) is 30.2 Å². The molecule has 0 radical (unpaired) electrons. The van der Waals surface area contributed by atoms with Crippen molar-refractivity contribution in [3.63, 3.8) is 0 Å². The zero-order chi connectivity index (χ0) is 16.8. The number of aromatic nitrogens is 1. The number of amides is 1. The minimum Gasteiger partial charge on any atom is -0.378 e. The summed E-state index contributed by atoms with van der Waals surface area (Å²) in [6, 6.07) is 11.5. The fraction of sp³-hybridized carbons (Fsp3) is 0.333. The van der Waals surface area contributed by atoms with Crippen LogP contribution in [0.3, 0.4) is 0 Å². The molecular weight excluding hydrogens is 288 g/mol. The van der Waals surface area contributed by atoms with Crippen LogP contribution in [0.15, 0.2) is 42.6 Å². The predicted octanol–water partition coefficient (Wildman–Crippen LogP) is 3.25. The summed E-state index contributed by atoms with van der Waals surface area (Å²) in [6.45, 7) is 5.98. The lowest BCUT2D eigenvalue weighted by Gasteiger charge is -2.21. The van der Waals surface area contributed by atoms with Crippen LogP contribution in [0.25, 0.3) is 0 Å². The number of carbonyl (C=O) groups excluding carboxylic acids is 1. The number of benzene rings is 1. The summed E-state index contributed by atoms with van der Waals surface area (Å²) < 4.78 is 0. The van der Waals surface area contributed by atoms with Gasteiger partial charge in [-0.05, 0) is 50.2 Å². The maximum Gasteiger partial charge on any atom is 0.274 e. The topological polar surface area (TPSA) is 48.5 Å². The van der Waals surface area contributed by atoms with Crippen molar-refractivity contribution in [3.05, 3.63) is 48.3 Å². The molecule has 1 amide bonds. The third kappa shape index (κ3) is 4.22. The van der Waals surface area contributed by atoms with Crippen molar-refractivity contribution in [3.8, 4) is 0 Å². The van der Waals surface area contributed by atoms with Crippen LogP contribution in [0.1, 0.15) is 24.3 Å². The van der Waals surface area contributed by atoms with E-state index in [1.54, 1.807) is 6.20 Å². The first kappa shape index (κ1) is 16.8. The summed E-state index contributed by atoms with van der Waals surface area (Å²) in [5, 5.41) is 2.89. The summed E-state index contributed by atoms with van der Waals surface area (Å²) in [6.07, 6.45) is 1.68. The van der Waals surface area contributed by atoms with Crippen LogP contribution >= 0.6 is 0 Å². The smallest absolute Gasteiger partial charge is 0.274 e. The zero-order valence-corrected chi connectivity index (χ0v) is 14.2. The van der Waals surface area contributed by atoms with Gasteiger partial charge in [-0.25, -0.2) is 0 Å². The molecule has 0 saturated carbocycles. The van der Waals surface area contributed by atoms with Crippen molar-refractivity contribution in [2.45, 2.75) is 13.8 Å². The van der Waals surface area contributed by atoms with E-state index in [0.29, 0.717) is 5.69 Å². The summed E-state index contributed by atoms with van der Waals surface area (Å²) in [7, 11) is 3.96. The molecule has 2 rings (SSSR count). The van der Waals surface area contributed by atoms with Crippen LogP contribution in [0.2, 0.25) is 0 Å². The Morgan fingerprint density at radius 2 is 1.70 bits per heavy atom. The van der Waals surface area contributed by atoms with Gasteiger partial charge in [-0.3, -0.25) is 9.78 Å². The fourth-order valence-corrected chi connectivity index (χ4v) is 2.37. The van der Waals surface area contributed by atoms with Gasteiger partial charge in [0.25, 0.3) is 5.91 Å². The quantitative estimate of drug-likeness (QED) is 0.889. The Bertz CT molecular complexity index is 648. The molecule has 0 bridgehead atoms. The van der Waals surface area contributed by atoms with Gasteiger partial charge in [0.1, 0.15) is 5.69 Å². The monoisotopic (exact) mass is 312 g/mol. The molecule has 122 valence electrons. The fourth-order valence-electron chi connectivity index (χ4n) is 2.37. The third-order valence-corrected chi connectivity index (χ3v) is 3.75. The lowest BCUT2D eigenvalue weighted by atomic mass is 10.2. The van der Waals surface area contributed by atoms with E-state index in [1.165, 1.54) is 0 Å². The van der Waals surface area contributed by atoms with Gasteiger partial charge in [0, 0.05) is 50.4 Å². The van der Waals surface area contributed by atoms with Gasteiger partial charge in [-0.1, -0.05) is 0 Å². The Morgan fingerprint density at radius 3 is 2.26 bits per heavy atom. The molecule has 0 aliphatic heterocycles. The minimum atomic E-state index is -0.198. The third-order valence-electron chi connectivity index (χ3n) is 3.75. The second kappa shape index (κ2) is 7.63. The van der Waals surface area contributed by atoms with E-state index in [4.69, 9.17) is 0 Å². The van der Waals surface area contributed by atoms with Crippen molar-refractivity contribution >= 4 is 23.0 Å². The van der Waals surface area contributed by atoms with Crippen molar-refractivity contribution < 1.29 is 4.79 Å².